The molecule has 1 aromatic carbocycles. The molecule has 1 amide bonds. The van der Waals surface area contributed by atoms with Crippen molar-refractivity contribution in [2.45, 2.75) is 24.2 Å². The number of carbonyl (C=O) groups is 1. The maximum atomic E-state index is 12.4. The van der Waals surface area contributed by atoms with Gasteiger partial charge in [-0.05, 0) is 37.6 Å². The summed E-state index contributed by atoms with van der Waals surface area (Å²) in [6.07, 6.45) is 1.53. The average molecular weight is 337 g/mol. The third-order valence-electron chi connectivity index (χ3n) is 3.81. The third-order valence-corrected chi connectivity index (χ3v) is 5.96. The van der Waals surface area contributed by atoms with E-state index in [4.69, 9.17) is 0 Å². The van der Waals surface area contributed by atoms with Gasteiger partial charge in [0.1, 0.15) is 0 Å². The number of thiazole rings is 1. The number of anilines is 2. The molecule has 2 heterocycles. The first kappa shape index (κ1) is 15.0. The van der Waals surface area contributed by atoms with E-state index in [1.54, 1.807) is 43.3 Å². The number of benzene rings is 1. The quantitative estimate of drug-likeness (QED) is 0.931. The van der Waals surface area contributed by atoms with Crippen LogP contribution in [0.5, 0.6) is 0 Å². The summed E-state index contributed by atoms with van der Waals surface area (Å²) < 4.78 is 27.3. The largest absolute Gasteiger partial charge is 0.314 e. The number of hydrogen-bond donors (Lipinski definition) is 1. The molecule has 0 bridgehead atoms. The Labute approximate surface area is 132 Å². The van der Waals surface area contributed by atoms with Crippen molar-refractivity contribution in [2.24, 2.45) is 0 Å². The Morgan fingerprint density at radius 1 is 1.32 bits per heavy atom. The molecule has 1 aliphatic rings. The highest BCUT2D eigenvalue weighted by molar-refractivity contribution is 7.93. The molecule has 0 spiro atoms. The van der Waals surface area contributed by atoms with Gasteiger partial charge in [-0.2, -0.15) is 0 Å². The van der Waals surface area contributed by atoms with Gasteiger partial charge in [0.15, 0.2) is 5.13 Å². The molecule has 0 saturated carbocycles. The van der Waals surface area contributed by atoms with Gasteiger partial charge in [-0.15, -0.1) is 11.3 Å². The monoisotopic (exact) mass is 337 g/mol. The van der Waals surface area contributed by atoms with E-state index in [0.717, 1.165) is 5.69 Å². The molecule has 0 fully saturated rings. The van der Waals surface area contributed by atoms with Gasteiger partial charge in [0.2, 0.25) is 5.91 Å². The van der Waals surface area contributed by atoms with Crippen molar-refractivity contribution in [1.29, 1.82) is 0 Å². The first-order valence-electron chi connectivity index (χ1n) is 6.58. The zero-order valence-corrected chi connectivity index (χ0v) is 14.0. The van der Waals surface area contributed by atoms with E-state index >= 15 is 0 Å². The summed E-state index contributed by atoms with van der Waals surface area (Å²) in [6, 6.07) is 4.73. The number of carbonyl (C=O) groups excluding carboxylic acids is 1. The summed E-state index contributed by atoms with van der Waals surface area (Å²) in [5, 5.41) is 2.00. The smallest absolute Gasteiger partial charge is 0.263 e. The fourth-order valence-electron chi connectivity index (χ4n) is 2.57. The minimum absolute atomic E-state index is 0.0510. The van der Waals surface area contributed by atoms with Crippen LogP contribution in [0.25, 0.3) is 0 Å². The van der Waals surface area contributed by atoms with Crippen LogP contribution in [0.3, 0.4) is 0 Å². The van der Waals surface area contributed by atoms with E-state index in [1.807, 2.05) is 0 Å². The predicted molar refractivity (Wildman–Crippen MR) is 85.8 cm³/mol. The second-order valence-corrected chi connectivity index (χ2v) is 8.19. The van der Waals surface area contributed by atoms with E-state index in [9.17, 15) is 13.2 Å². The van der Waals surface area contributed by atoms with E-state index in [0.29, 0.717) is 10.7 Å². The van der Waals surface area contributed by atoms with Gasteiger partial charge >= 0.3 is 0 Å². The van der Waals surface area contributed by atoms with Gasteiger partial charge in [-0.1, -0.05) is 0 Å². The summed E-state index contributed by atoms with van der Waals surface area (Å²) in [5.41, 5.74) is 0.710. The fraction of sp³-hybridized carbons (Fsp3) is 0.286. The molecule has 0 unspecified atom stereocenters. The van der Waals surface area contributed by atoms with Crippen molar-refractivity contribution in [2.75, 3.05) is 16.7 Å². The van der Waals surface area contributed by atoms with Crippen LogP contribution < -0.4 is 9.62 Å². The Bertz CT molecular complexity index is 842. The van der Waals surface area contributed by atoms with Crippen LogP contribution in [-0.2, 0) is 20.2 Å². The lowest BCUT2D eigenvalue weighted by Gasteiger charge is -2.16. The number of rotatable bonds is 3. The fourth-order valence-corrected chi connectivity index (χ4v) is 4.38. The lowest BCUT2D eigenvalue weighted by molar-refractivity contribution is -0.121. The van der Waals surface area contributed by atoms with E-state index < -0.39 is 15.4 Å². The molecule has 3 rings (SSSR count). The van der Waals surface area contributed by atoms with E-state index in [1.165, 1.54) is 23.6 Å². The maximum absolute atomic E-state index is 12.4. The van der Waals surface area contributed by atoms with Gasteiger partial charge in [-0.3, -0.25) is 9.52 Å². The number of hydrogen-bond acceptors (Lipinski definition) is 5. The highest BCUT2D eigenvalue weighted by Crippen LogP contribution is 2.41. The molecule has 2 aromatic rings. The minimum Gasteiger partial charge on any atom is -0.314 e. The number of fused-ring (bicyclic) bond motifs is 1. The van der Waals surface area contributed by atoms with Gasteiger partial charge in [-0.25, -0.2) is 13.4 Å². The van der Waals surface area contributed by atoms with Crippen LogP contribution in [0.1, 0.15) is 19.4 Å². The molecular formula is C14H15N3O3S2. The van der Waals surface area contributed by atoms with Gasteiger partial charge in [0.05, 0.1) is 10.3 Å². The normalized spacial score (nSPS) is 16.7. The van der Waals surface area contributed by atoms with Crippen molar-refractivity contribution >= 4 is 38.1 Å². The number of aromatic nitrogens is 1. The molecule has 22 heavy (non-hydrogen) atoms. The van der Waals surface area contributed by atoms with Crippen LogP contribution in [0.4, 0.5) is 10.8 Å². The molecule has 116 valence electrons. The topological polar surface area (TPSA) is 79.4 Å². The summed E-state index contributed by atoms with van der Waals surface area (Å²) in [7, 11) is -2.03. The van der Waals surface area contributed by atoms with Crippen LogP contribution in [0.15, 0.2) is 34.7 Å². The number of amides is 1. The van der Waals surface area contributed by atoms with Gasteiger partial charge in [0, 0.05) is 24.3 Å². The molecule has 0 atom stereocenters. The standard InChI is InChI=1S/C14H15N3O3S2/c1-14(2)10-8-9(4-5-11(10)17(3)12(14)18)22(19,20)16-13-15-6-7-21-13/h4-8H,1-3H3,(H,15,16). The first-order valence-corrected chi connectivity index (χ1v) is 8.95. The Morgan fingerprint density at radius 2 is 2.05 bits per heavy atom. The summed E-state index contributed by atoms with van der Waals surface area (Å²) in [4.78, 5) is 17.8. The Balaban J connectivity index is 2.05. The van der Waals surface area contributed by atoms with Crippen LogP contribution in [0.2, 0.25) is 0 Å². The highest BCUT2D eigenvalue weighted by Gasteiger charge is 2.42. The minimum atomic E-state index is -3.72. The van der Waals surface area contributed by atoms with Crippen LogP contribution >= 0.6 is 11.3 Å². The summed E-state index contributed by atoms with van der Waals surface area (Å²) >= 11 is 1.21. The van der Waals surface area contributed by atoms with Crippen molar-refractivity contribution in [3.63, 3.8) is 0 Å². The summed E-state index contributed by atoms with van der Waals surface area (Å²) in [5.74, 6) is -0.0510. The van der Waals surface area contributed by atoms with Crippen LogP contribution in [-0.4, -0.2) is 26.4 Å². The highest BCUT2D eigenvalue weighted by atomic mass is 32.2. The zero-order valence-electron chi connectivity index (χ0n) is 12.3. The third kappa shape index (κ3) is 2.19. The zero-order chi connectivity index (χ0) is 16.1. The molecular weight excluding hydrogens is 322 g/mol. The van der Waals surface area contributed by atoms with E-state index in [-0.39, 0.29) is 10.8 Å². The maximum Gasteiger partial charge on any atom is 0.263 e. The van der Waals surface area contributed by atoms with Gasteiger partial charge in [0.25, 0.3) is 10.0 Å². The lowest BCUT2D eigenvalue weighted by atomic mass is 9.86. The molecule has 1 N–H and O–H groups in total. The van der Waals surface area contributed by atoms with Crippen molar-refractivity contribution < 1.29 is 13.2 Å². The molecule has 0 saturated heterocycles. The van der Waals surface area contributed by atoms with Crippen molar-refractivity contribution in [3.8, 4) is 0 Å². The predicted octanol–water partition coefficient (Wildman–Crippen LogP) is 2.20. The SMILES string of the molecule is CN1C(=O)C(C)(C)c2cc(S(=O)(=O)Nc3nccs3)ccc21. The Morgan fingerprint density at radius 3 is 2.68 bits per heavy atom. The molecule has 1 aliphatic heterocycles. The Hall–Kier alpha value is -1.93. The van der Waals surface area contributed by atoms with Crippen LogP contribution in [0, 0.1) is 0 Å². The Kier molecular flexibility index (Phi) is 3.26. The summed E-state index contributed by atoms with van der Waals surface area (Å²) in [6.45, 7) is 3.59. The molecule has 8 heteroatoms. The molecule has 6 nitrogen and oxygen atoms in total. The van der Waals surface area contributed by atoms with Crippen molar-refractivity contribution in [3.05, 3.63) is 35.3 Å². The van der Waals surface area contributed by atoms with Crippen molar-refractivity contribution in [1.82, 2.24) is 4.98 Å². The molecule has 1 aromatic heterocycles. The number of nitrogens with zero attached hydrogens (tertiary/aromatic N) is 2. The average Bonchev–Trinajstić information content (AvgIpc) is 3.01. The second kappa shape index (κ2) is 4.79. The van der Waals surface area contributed by atoms with E-state index in [2.05, 4.69) is 9.71 Å². The number of likely N-dealkylation sites (N-methyl/N-ethyl adjacent to an activating group) is 1. The first-order chi connectivity index (χ1) is 10.2. The second-order valence-electron chi connectivity index (χ2n) is 5.61. The number of sulfonamides is 1. The molecule has 0 radical (unpaired) electrons. The van der Waals surface area contributed by atoms with Gasteiger partial charge < -0.3 is 4.90 Å². The molecule has 0 aliphatic carbocycles. The lowest BCUT2D eigenvalue weighted by Crippen LogP contribution is -2.33. The number of nitrogens with one attached hydrogen (secondary N) is 1.